The van der Waals surface area contributed by atoms with Crippen LogP contribution in [-0.4, -0.2) is 52.5 Å². The van der Waals surface area contributed by atoms with Crippen molar-refractivity contribution in [3.8, 4) is 0 Å². The third-order valence-electron chi connectivity index (χ3n) is 2.59. The number of nitrogens with two attached hydrogens (primary N) is 1. The topological polar surface area (TPSA) is 84.5 Å². The van der Waals surface area contributed by atoms with Gasteiger partial charge in [-0.05, 0) is 6.07 Å². The zero-order valence-electron chi connectivity index (χ0n) is 9.24. The Morgan fingerprint density at radius 2 is 2.53 bits per heavy atom. The second-order valence-electron chi connectivity index (χ2n) is 3.71. The Hall–Kier alpha value is -1.31. The monoisotopic (exact) mass is 254 g/mol. The zero-order valence-corrected chi connectivity index (χ0v) is 10.1. The van der Waals surface area contributed by atoms with Gasteiger partial charge in [-0.2, -0.15) is 0 Å². The molecular weight excluding hydrogens is 240 g/mol. The number of morpholine rings is 1. The van der Waals surface area contributed by atoms with Crippen LogP contribution in [0.5, 0.6) is 0 Å². The Morgan fingerprint density at radius 3 is 3.24 bits per heavy atom. The van der Waals surface area contributed by atoms with Crippen LogP contribution in [0.4, 0.5) is 5.95 Å². The first-order valence-electron chi connectivity index (χ1n) is 5.30. The first-order chi connectivity index (χ1) is 8.22. The van der Waals surface area contributed by atoms with E-state index >= 15 is 0 Å². The first-order valence-corrected chi connectivity index (χ1v) is 5.71. The van der Waals surface area contributed by atoms with Crippen molar-refractivity contribution in [2.45, 2.75) is 6.04 Å². The summed E-state index contributed by atoms with van der Waals surface area (Å²) in [5.74, 6) is 0.526. The van der Waals surface area contributed by atoms with Crippen molar-refractivity contribution in [1.29, 1.82) is 0 Å². The van der Waals surface area contributed by atoms with Gasteiger partial charge in [0.05, 0.1) is 25.9 Å². The van der Waals surface area contributed by atoms with Gasteiger partial charge in [0, 0.05) is 12.7 Å². The van der Waals surface area contributed by atoms with Crippen LogP contribution in [-0.2, 0) is 4.74 Å². The molecule has 0 aliphatic carbocycles. The Balaban J connectivity index is 2.25. The molecule has 1 atom stereocenters. The van der Waals surface area contributed by atoms with E-state index in [0.717, 1.165) is 0 Å². The highest BCUT2D eigenvalue weighted by Gasteiger charge is 2.24. The minimum absolute atomic E-state index is 0.000654. The van der Waals surface area contributed by atoms with Crippen molar-refractivity contribution in [1.82, 2.24) is 9.97 Å². The van der Waals surface area contributed by atoms with Gasteiger partial charge in [0.1, 0.15) is 10.7 Å². The fourth-order valence-electron chi connectivity index (χ4n) is 1.69. The van der Waals surface area contributed by atoms with Gasteiger partial charge in [-0.15, -0.1) is 0 Å². The summed E-state index contributed by atoms with van der Waals surface area (Å²) in [6, 6.07) is 1.55. The van der Waals surface area contributed by atoms with Crippen molar-refractivity contribution >= 4 is 23.2 Å². The van der Waals surface area contributed by atoms with Gasteiger partial charge in [0.25, 0.3) is 0 Å². The highest BCUT2D eigenvalue weighted by molar-refractivity contribution is 7.80. The predicted molar refractivity (Wildman–Crippen MR) is 67.0 cm³/mol. The van der Waals surface area contributed by atoms with E-state index in [1.807, 2.05) is 4.90 Å². The number of aromatic nitrogens is 2. The number of nitrogens with zero attached hydrogens (tertiary/aromatic N) is 3. The van der Waals surface area contributed by atoms with Crippen LogP contribution in [0.15, 0.2) is 12.3 Å². The van der Waals surface area contributed by atoms with Gasteiger partial charge in [0.15, 0.2) is 0 Å². The van der Waals surface area contributed by atoms with E-state index in [9.17, 15) is 5.11 Å². The minimum Gasteiger partial charge on any atom is -0.394 e. The smallest absolute Gasteiger partial charge is 0.226 e. The molecule has 3 N–H and O–H groups in total. The summed E-state index contributed by atoms with van der Waals surface area (Å²) in [7, 11) is 0. The lowest BCUT2D eigenvalue weighted by molar-refractivity contribution is 0.0718. The van der Waals surface area contributed by atoms with Crippen molar-refractivity contribution in [2.24, 2.45) is 5.73 Å². The summed E-state index contributed by atoms with van der Waals surface area (Å²) < 4.78 is 5.29. The van der Waals surface area contributed by atoms with Crippen LogP contribution in [0.25, 0.3) is 0 Å². The molecule has 1 aromatic rings. The van der Waals surface area contributed by atoms with Gasteiger partial charge in [-0.3, -0.25) is 0 Å². The van der Waals surface area contributed by atoms with Crippen LogP contribution in [0, 0.1) is 0 Å². The van der Waals surface area contributed by atoms with E-state index in [-0.39, 0.29) is 17.6 Å². The predicted octanol–water partition coefficient (Wildman–Crippen LogP) is -0.692. The van der Waals surface area contributed by atoms with E-state index in [1.165, 1.54) is 0 Å². The quantitative estimate of drug-likeness (QED) is 0.690. The number of ether oxygens (including phenoxy) is 1. The molecule has 7 heteroatoms. The molecular formula is C10H14N4O2S. The summed E-state index contributed by atoms with van der Waals surface area (Å²) in [6.45, 7) is 1.71. The van der Waals surface area contributed by atoms with Gasteiger partial charge in [0.2, 0.25) is 5.95 Å². The molecule has 0 bridgehead atoms. The highest BCUT2D eigenvalue weighted by Crippen LogP contribution is 2.14. The average Bonchev–Trinajstić information content (AvgIpc) is 2.39. The molecule has 0 radical (unpaired) electrons. The molecule has 1 saturated heterocycles. The lowest BCUT2D eigenvalue weighted by Gasteiger charge is -2.34. The number of hydrogen-bond donors (Lipinski definition) is 2. The largest absolute Gasteiger partial charge is 0.394 e. The van der Waals surface area contributed by atoms with Crippen LogP contribution < -0.4 is 10.6 Å². The van der Waals surface area contributed by atoms with Crippen LogP contribution >= 0.6 is 12.2 Å². The molecule has 1 aliphatic heterocycles. The second kappa shape index (κ2) is 5.35. The van der Waals surface area contributed by atoms with Crippen LogP contribution in [0.1, 0.15) is 5.69 Å². The fourth-order valence-corrected chi connectivity index (χ4v) is 1.81. The number of aliphatic hydroxyl groups is 1. The molecule has 2 heterocycles. The van der Waals surface area contributed by atoms with Gasteiger partial charge >= 0.3 is 0 Å². The Morgan fingerprint density at radius 1 is 1.71 bits per heavy atom. The normalized spacial score (nSPS) is 20.3. The molecule has 0 saturated carbocycles. The molecule has 1 fully saturated rings. The highest BCUT2D eigenvalue weighted by atomic mass is 32.1. The van der Waals surface area contributed by atoms with E-state index in [1.54, 1.807) is 12.3 Å². The molecule has 2 rings (SSSR count). The van der Waals surface area contributed by atoms with Gasteiger partial charge in [-0.25, -0.2) is 9.97 Å². The van der Waals surface area contributed by atoms with Crippen LogP contribution in [0.3, 0.4) is 0 Å². The van der Waals surface area contributed by atoms with Gasteiger partial charge in [-0.1, -0.05) is 12.2 Å². The second-order valence-corrected chi connectivity index (χ2v) is 4.15. The average molecular weight is 254 g/mol. The van der Waals surface area contributed by atoms with E-state index in [2.05, 4.69) is 9.97 Å². The molecule has 0 spiro atoms. The van der Waals surface area contributed by atoms with Crippen molar-refractivity contribution in [2.75, 3.05) is 31.3 Å². The SMILES string of the molecule is NC(=S)c1ccnc(N2CCOCC2CO)n1. The Bertz CT molecular complexity index is 415. The van der Waals surface area contributed by atoms with Crippen LogP contribution in [0.2, 0.25) is 0 Å². The standard InChI is InChI=1S/C10H14N4O2S/c11-9(17)8-1-2-12-10(13-8)14-3-4-16-6-7(14)5-15/h1-2,7,15H,3-6H2,(H2,11,17). The fraction of sp³-hybridized carbons (Fsp3) is 0.500. The Kier molecular flexibility index (Phi) is 3.82. The number of anilines is 1. The molecule has 17 heavy (non-hydrogen) atoms. The minimum atomic E-state index is -0.120. The van der Waals surface area contributed by atoms with Gasteiger partial charge < -0.3 is 20.5 Å². The molecule has 1 aromatic heterocycles. The van der Waals surface area contributed by atoms with E-state index in [4.69, 9.17) is 22.7 Å². The summed E-state index contributed by atoms with van der Waals surface area (Å²) >= 11 is 4.88. The van der Waals surface area contributed by atoms with E-state index < -0.39 is 0 Å². The molecule has 0 amide bonds. The molecule has 1 unspecified atom stereocenters. The molecule has 92 valence electrons. The maximum Gasteiger partial charge on any atom is 0.226 e. The molecule has 1 aliphatic rings. The maximum absolute atomic E-state index is 9.27. The maximum atomic E-state index is 9.27. The summed E-state index contributed by atoms with van der Waals surface area (Å²) in [6.07, 6.45) is 1.61. The first kappa shape index (κ1) is 12.2. The summed E-state index contributed by atoms with van der Waals surface area (Å²) in [5, 5.41) is 9.27. The number of rotatable bonds is 3. The van der Waals surface area contributed by atoms with E-state index in [0.29, 0.717) is 31.4 Å². The summed E-state index contributed by atoms with van der Waals surface area (Å²) in [4.78, 5) is 10.6. The third kappa shape index (κ3) is 2.68. The third-order valence-corrected chi connectivity index (χ3v) is 2.80. The number of hydrogen-bond acceptors (Lipinski definition) is 6. The Labute approximate surface area is 104 Å². The van der Waals surface area contributed by atoms with Crippen molar-refractivity contribution in [3.05, 3.63) is 18.0 Å². The number of thiocarbonyl (C=S) groups is 1. The number of aliphatic hydroxyl groups excluding tert-OH is 1. The summed E-state index contributed by atoms with van der Waals surface area (Å²) in [5.41, 5.74) is 6.06. The van der Waals surface area contributed by atoms with Crippen molar-refractivity contribution < 1.29 is 9.84 Å². The lowest BCUT2D eigenvalue weighted by Crippen LogP contribution is -2.48. The zero-order chi connectivity index (χ0) is 12.3. The van der Waals surface area contributed by atoms with Crippen molar-refractivity contribution in [3.63, 3.8) is 0 Å². The lowest BCUT2D eigenvalue weighted by atomic mass is 10.2. The molecule has 0 aromatic carbocycles. The molecule has 6 nitrogen and oxygen atoms in total.